The van der Waals surface area contributed by atoms with E-state index in [9.17, 15) is 0 Å². The zero-order valence-electron chi connectivity index (χ0n) is 12.9. The Morgan fingerprint density at radius 2 is 1.52 bits per heavy atom. The van der Waals surface area contributed by atoms with E-state index in [4.69, 9.17) is 4.98 Å². The predicted octanol–water partition coefficient (Wildman–Crippen LogP) is 1.52. The average molecular weight is 269 g/mol. The fourth-order valence-corrected chi connectivity index (χ4v) is 3.71. The number of pyridine rings is 1. The number of benzene rings is 1. The number of aromatic nitrogens is 1. The summed E-state index contributed by atoms with van der Waals surface area (Å²) < 4.78 is 0. The van der Waals surface area contributed by atoms with Crippen molar-refractivity contribution in [2.24, 2.45) is 0 Å². The molecule has 0 unspecified atom stereocenters. The molecule has 0 fully saturated rings. The van der Waals surface area contributed by atoms with Gasteiger partial charge in [-0.2, -0.15) is 5.56 Å². The second kappa shape index (κ2) is 6.30. The average Bonchev–Trinajstić information content (AvgIpc) is 2.55. The van der Waals surface area contributed by atoms with Crippen LogP contribution in [0, 0.1) is 6.42 Å². The third-order valence-electron chi connectivity index (χ3n) is 4.68. The minimum absolute atomic E-state index is 0. The van der Waals surface area contributed by atoms with Gasteiger partial charge in [-0.1, -0.05) is 55.3 Å². The van der Waals surface area contributed by atoms with Gasteiger partial charge in [0.1, 0.15) is 0 Å². The molecule has 102 valence electrons. The molecule has 21 heavy (non-hydrogen) atoms. The summed E-state index contributed by atoms with van der Waals surface area (Å²) in [6, 6.07) is 10.7. The van der Waals surface area contributed by atoms with Crippen LogP contribution in [0.2, 0.25) is 0 Å². The van der Waals surface area contributed by atoms with Gasteiger partial charge in [0.15, 0.2) is 0 Å². The van der Waals surface area contributed by atoms with Crippen LogP contribution in [0.25, 0.3) is 11.3 Å². The maximum atomic E-state index is 5.04. The molecule has 2 aliphatic carbocycles. The van der Waals surface area contributed by atoms with Crippen molar-refractivity contribution in [3.8, 4) is 11.3 Å². The van der Waals surface area contributed by atoms with E-state index >= 15 is 0 Å². The Balaban J connectivity index is 0.00000132. The molecule has 0 radical (unpaired) electrons. The molecule has 0 atom stereocenters. The summed E-state index contributed by atoms with van der Waals surface area (Å²) in [5, 5.41) is 0. The van der Waals surface area contributed by atoms with Gasteiger partial charge in [0.05, 0.1) is 5.69 Å². The SMILES string of the molecule is [Li+].c1ccc(-c2nc3c(c4c2CCCC4)CCC[CH-]3)cc1. The van der Waals surface area contributed by atoms with Crippen LogP contribution in [0.5, 0.6) is 0 Å². The Kier molecular flexibility index (Phi) is 4.43. The Labute approximate surface area is 139 Å². The molecule has 0 N–H and O–H groups in total. The molecule has 1 aromatic carbocycles. The third kappa shape index (κ3) is 2.66. The first-order valence-electron chi connectivity index (χ1n) is 7.87. The molecule has 2 heteroatoms. The van der Waals surface area contributed by atoms with Crippen LogP contribution < -0.4 is 18.9 Å². The van der Waals surface area contributed by atoms with Gasteiger partial charge in [0, 0.05) is 5.56 Å². The quantitative estimate of drug-likeness (QED) is 0.565. The van der Waals surface area contributed by atoms with Crippen molar-refractivity contribution in [3.05, 3.63) is 59.1 Å². The van der Waals surface area contributed by atoms with E-state index < -0.39 is 0 Å². The minimum atomic E-state index is 0. The standard InChI is InChI=1S/C19H20N.Li/c1-2-8-14(9-3-1)19-17-12-5-4-10-15(17)16-11-6-7-13-18(16)20-19;/h1-3,8-9,13H,4-7,10-12H2;/q-1;+1. The van der Waals surface area contributed by atoms with Crippen molar-refractivity contribution in [1.29, 1.82) is 0 Å². The second-order valence-corrected chi connectivity index (χ2v) is 5.95. The molecule has 0 amide bonds. The van der Waals surface area contributed by atoms with E-state index in [0.29, 0.717) is 0 Å². The fourth-order valence-electron chi connectivity index (χ4n) is 3.71. The van der Waals surface area contributed by atoms with Crippen LogP contribution in [0.3, 0.4) is 0 Å². The third-order valence-corrected chi connectivity index (χ3v) is 4.68. The van der Waals surface area contributed by atoms with Gasteiger partial charge in [0.2, 0.25) is 0 Å². The molecule has 1 nitrogen and oxygen atoms in total. The first kappa shape index (κ1) is 14.8. The van der Waals surface area contributed by atoms with Crippen molar-refractivity contribution in [1.82, 2.24) is 4.98 Å². The van der Waals surface area contributed by atoms with Gasteiger partial charge in [-0.25, -0.2) is 6.42 Å². The summed E-state index contributed by atoms with van der Waals surface area (Å²) in [6.45, 7) is 0. The Morgan fingerprint density at radius 3 is 2.33 bits per heavy atom. The smallest absolute Gasteiger partial charge is 0.286 e. The largest absolute Gasteiger partial charge is 1.00 e. The number of fused-ring (bicyclic) bond motifs is 3. The van der Waals surface area contributed by atoms with E-state index in [2.05, 4.69) is 36.8 Å². The Hall–Kier alpha value is -1.16. The Morgan fingerprint density at radius 1 is 0.810 bits per heavy atom. The molecule has 0 spiro atoms. The zero-order valence-corrected chi connectivity index (χ0v) is 12.9. The number of rotatable bonds is 1. The molecule has 4 rings (SSSR count). The molecular weight excluding hydrogens is 249 g/mol. The van der Waals surface area contributed by atoms with Crippen molar-refractivity contribution in [3.63, 3.8) is 0 Å². The maximum absolute atomic E-state index is 5.04. The molecule has 0 aliphatic heterocycles. The van der Waals surface area contributed by atoms with Gasteiger partial charge in [-0.3, -0.25) is 4.98 Å². The molecule has 0 bridgehead atoms. The topological polar surface area (TPSA) is 12.9 Å². The van der Waals surface area contributed by atoms with E-state index in [1.807, 2.05) is 0 Å². The predicted molar refractivity (Wildman–Crippen MR) is 82.7 cm³/mol. The summed E-state index contributed by atoms with van der Waals surface area (Å²) in [6.07, 6.45) is 11.2. The van der Waals surface area contributed by atoms with E-state index in [0.717, 1.165) is 0 Å². The van der Waals surface area contributed by atoms with Gasteiger partial charge in [-0.15, -0.1) is 12.0 Å². The number of nitrogens with zero attached hydrogens (tertiary/aromatic N) is 1. The molecule has 2 aromatic rings. The molecule has 2 aliphatic rings. The van der Waals surface area contributed by atoms with Crippen molar-refractivity contribution < 1.29 is 18.9 Å². The summed E-state index contributed by atoms with van der Waals surface area (Å²) >= 11 is 0. The summed E-state index contributed by atoms with van der Waals surface area (Å²) in [7, 11) is 0. The van der Waals surface area contributed by atoms with Crippen molar-refractivity contribution in [2.45, 2.75) is 44.9 Å². The van der Waals surface area contributed by atoms with Crippen LogP contribution in [-0.2, 0) is 19.3 Å². The van der Waals surface area contributed by atoms with Gasteiger partial charge in [0.25, 0.3) is 0 Å². The first-order valence-corrected chi connectivity index (χ1v) is 7.87. The summed E-state index contributed by atoms with van der Waals surface area (Å²) in [5.74, 6) is 0. The zero-order chi connectivity index (χ0) is 13.4. The van der Waals surface area contributed by atoms with Crippen LogP contribution in [0.1, 0.15) is 48.1 Å². The first-order chi connectivity index (χ1) is 9.93. The normalized spacial score (nSPS) is 16.2. The van der Waals surface area contributed by atoms with E-state index in [1.165, 1.54) is 67.5 Å². The Bertz CT molecular complexity index is 634. The minimum Gasteiger partial charge on any atom is -0.286 e. The molecule has 0 saturated carbocycles. The van der Waals surface area contributed by atoms with E-state index in [1.54, 1.807) is 11.1 Å². The van der Waals surface area contributed by atoms with Crippen LogP contribution >= 0.6 is 0 Å². The van der Waals surface area contributed by atoms with Crippen LogP contribution in [-0.4, -0.2) is 4.98 Å². The van der Waals surface area contributed by atoms with Crippen molar-refractivity contribution >= 4 is 0 Å². The summed E-state index contributed by atoms with van der Waals surface area (Å²) in [5.41, 5.74) is 8.54. The molecular formula is C19H20LiN. The summed E-state index contributed by atoms with van der Waals surface area (Å²) in [4.78, 5) is 5.04. The maximum Gasteiger partial charge on any atom is 1.00 e. The fraction of sp³-hybridized carbons (Fsp3) is 0.368. The molecule has 1 aromatic heterocycles. The van der Waals surface area contributed by atoms with Crippen LogP contribution in [0.15, 0.2) is 30.3 Å². The van der Waals surface area contributed by atoms with Crippen molar-refractivity contribution in [2.75, 3.05) is 0 Å². The van der Waals surface area contributed by atoms with Gasteiger partial charge in [-0.05, 0) is 24.8 Å². The number of hydrogen-bond acceptors (Lipinski definition) is 1. The van der Waals surface area contributed by atoms with Gasteiger partial charge >= 0.3 is 18.9 Å². The molecule has 0 saturated heterocycles. The van der Waals surface area contributed by atoms with Gasteiger partial charge < -0.3 is 0 Å². The number of hydrogen-bond donors (Lipinski definition) is 0. The van der Waals surface area contributed by atoms with Crippen LogP contribution in [0.4, 0.5) is 0 Å². The van der Waals surface area contributed by atoms with E-state index in [-0.39, 0.29) is 18.9 Å². The monoisotopic (exact) mass is 269 g/mol. The molecule has 1 heterocycles. The second-order valence-electron chi connectivity index (χ2n) is 5.95.